The highest BCUT2D eigenvalue weighted by molar-refractivity contribution is 7.87. The lowest BCUT2D eigenvalue weighted by atomic mass is 10.3. The highest BCUT2D eigenvalue weighted by Gasteiger charge is 2.14. The zero-order chi connectivity index (χ0) is 10.5. The largest absolute Gasteiger partial charge is 0.386 e. The van der Waals surface area contributed by atoms with E-state index in [0.29, 0.717) is 6.54 Å². The van der Waals surface area contributed by atoms with E-state index in [1.54, 1.807) is 0 Å². The highest BCUT2D eigenvalue weighted by atomic mass is 32.2. The van der Waals surface area contributed by atoms with E-state index >= 15 is 0 Å². The van der Waals surface area contributed by atoms with Gasteiger partial charge in [-0.25, -0.2) is 4.72 Å². The molecule has 0 rings (SSSR count). The second kappa shape index (κ2) is 5.15. The van der Waals surface area contributed by atoms with Crippen molar-refractivity contribution in [2.75, 3.05) is 6.54 Å². The van der Waals surface area contributed by atoms with E-state index < -0.39 is 16.3 Å². The Kier molecular flexibility index (Phi) is 4.89. The molecule has 0 aromatic rings. The van der Waals surface area contributed by atoms with Crippen LogP contribution in [0.2, 0.25) is 0 Å². The van der Waals surface area contributed by atoms with Gasteiger partial charge in [-0.3, -0.25) is 5.41 Å². The van der Waals surface area contributed by atoms with Gasteiger partial charge in [0.05, 0.1) is 6.04 Å². The molecule has 1 unspecified atom stereocenters. The topological polar surface area (TPSA) is 108 Å². The normalized spacial score (nSPS) is 14.0. The van der Waals surface area contributed by atoms with Crippen molar-refractivity contribution in [2.45, 2.75) is 26.3 Å². The van der Waals surface area contributed by atoms with Crippen LogP contribution in [0, 0.1) is 5.41 Å². The first-order valence-corrected chi connectivity index (χ1v) is 5.48. The molecule has 0 amide bonds. The van der Waals surface area contributed by atoms with Crippen LogP contribution in [0.25, 0.3) is 0 Å². The van der Waals surface area contributed by atoms with E-state index in [4.69, 9.17) is 11.1 Å². The first-order chi connectivity index (χ1) is 5.89. The molecule has 0 aliphatic carbocycles. The minimum absolute atomic E-state index is 0.207. The molecule has 0 bridgehead atoms. The summed E-state index contributed by atoms with van der Waals surface area (Å²) in [6, 6.07) is -0.672. The van der Waals surface area contributed by atoms with Gasteiger partial charge in [-0.15, -0.1) is 0 Å². The van der Waals surface area contributed by atoms with Crippen molar-refractivity contribution in [2.24, 2.45) is 5.73 Å². The smallest absolute Gasteiger partial charge is 0.277 e. The first-order valence-electron chi connectivity index (χ1n) is 4.00. The summed E-state index contributed by atoms with van der Waals surface area (Å²) in [6.07, 6.45) is 0.718. The number of hydrogen-bond donors (Lipinski definition) is 4. The third-order valence-electron chi connectivity index (χ3n) is 1.34. The van der Waals surface area contributed by atoms with Gasteiger partial charge in [0.25, 0.3) is 10.2 Å². The third kappa shape index (κ3) is 5.56. The Labute approximate surface area is 78.6 Å². The molecule has 0 radical (unpaired) electrons. The lowest BCUT2D eigenvalue weighted by molar-refractivity contribution is 0.562. The molecule has 6 nitrogen and oxygen atoms in total. The van der Waals surface area contributed by atoms with Crippen molar-refractivity contribution >= 4 is 16.0 Å². The van der Waals surface area contributed by atoms with Gasteiger partial charge in [0.2, 0.25) is 0 Å². The van der Waals surface area contributed by atoms with Crippen LogP contribution in [0.15, 0.2) is 0 Å². The van der Waals surface area contributed by atoms with Crippen LogP contribution in [-0.4, -0.2) is 26.8 Å². The zero-order valence-corrected chi connectivity index (χ0v) is 8.61. The maximum atomic E-state index is 11.1. The van der Waals surface area contributed by atoms with Crippen LogP contribution < -0.4 is 15.2 Å². The molecule has 0 aromatic carbocycles. The van der Waals surface area contributed by atoms with Gasteiger partial charge >= 0.3 is 0 Å². The molecule has 0 saturated carbocycles. The Hall–Kier alpha value is -0.660. The Morgan fingerprint density at radius 3 is 2.54 bits per heavy atom. The molecule has 0 spiro atoms. The molecule has 7 heteroatoms. The Morgan fingerprint density at radius 1 is 1.62 bits per heavy atom. The van der Waals surface area contributed by atoms with E-state index in [-0.39, 0.29) is 5.84 Å². The summed E-state index contributed by atoms with van der Waals surface area (Å²) in [5.74, 6) is -0.207. The second-order valence-corrected chi connectivity index (χ2v) is 4.22. The van der Waals surface area contributed by atoms with Gasteiger partial charge in [0.15, 0.2) is 0 Å². The van der Waals surface area contributed by atoms with Crippen LogP contribution in [0.4, 0.5) is 0 Å². The quantitative estimate of drug-likeness (QED) is 0.337. The molecule has 0 aliphatic rings. The SMILES string of the molecule is CCCNS(=O)(=O)NC(C)C(=N)N. The number of nitrogens with one attached hydrogen (secondary N) is 3. The minimum atomic E-state index is -3.51. The molecule has 0 aromatic heterocycles. The molecule has 0 heterocycles. The lowest BCUT2D eigenvalue weighted by Crippen LogP contribution is -2.47. The predicted molar refractivity (Wildman–Crippen MR) is 51.7 cm³/mol. The summed E-state index contributed by atoms with van der Waals surface area (Å²) in [4.78, 5) is 0. The summed E-state index contributed by atoms with van der Waals surface area (Å²) in [7, 11) is -3.51. The van der Waals surface area contributed by atoms with E-state index in [2.05, 4.69) is 9.44 Å². The third-order valence-corrected chi connectivity index (χ3v) is 2.59. The summed E-state index contributed by atoms with van der Waals surface area (Å²) in [5, 5.41) is 6.98. The van der Waals surface area contributed by atoms with Crippen molar-refractivity contribution in [3.8, 4) is 0 Å². The fourth-order valence-electron chi connectivity index (χ4n) is 0.574. The van der Waals surface area contributed by atoms with Crippen LogP contribution in [0.3, 0.4) is 0 Å². The van der Waals surface area contributed by atoms with Crippen molar-refractivity contribution in [3.63, 3.8) is 0 Å². The standard InChI is InChI=1S/C6H16N4O2S/c1-3-4-9-13(11,12)10-5(2)6(7)8/h5,9-10H,3-4H2,1-2H3,(H3,7,8). The maximum Gasteiger partial charge on any atom is 0.277 e. The Balaban J connectivity index is 4.10. The van der Waals surface area contributed by atoms with Crippen LogP contribution in [0.1, 0.15) is 20.3 Å². The average molecular weight is 208 g/mol. The highest BCUT2D eigenvalue weighted by Crippen LogP contribution is 1.85. The summed E-state index contributed by atoms with van der Waals surface area (Å²) < 4.78 is 26.8. The molecule has 13 heavy (non-hydrogen) atoms. The van der Waals surface area contributed by atoms with E-state index in [1.165, 1.54) is 6.92 Å². The van der Waals surface area contributed by atoms with Gasteiger partial charge in [0.1, 0.15) is 5.84 Å². The molecular weight excluding hydrogens is 192 g/mol. The lowest BCUT2D eigenvalue weighted by Gasteiger charge is -2.12. The molecule has 0 aliphatic heterocycles. The van der Waals surface area contributed by atoms with Gasteiger partial charge < -0.3 is 5.73 Å². The summed E-state index contributed by atoms with van der Waals surface area (Å²) >= 11 is 0. The van der Waals surface area contributed by atoms with E-state index in [0.717, 1.165) is 6.42 Å². The van der Waals surface area contributed by atoms with Crippen LogP contribution in [0.5, 0.6) is 0 Å². The van der Waals surface area contributed by atoms with E-state index in [9.17, 15) is 8.42 Å². The van der Waals surface area contributed by atoms with Gasteiger partial charge in [-0.1, -0.05) is 6.92 Å². The number of rotatable bonds is 6. The maximum absolute atomic E-state index is 11.1. The van der Waals surface area contributed by atoms with Crippen LogP contribution in [-0.2, 0) is 10.2 Å². The van der Waals surface area contributed by atoms with Crippen molar-refractivity contribution in [1.82, 2.24) is 9.44 Å². The summed E-state index contributed by atoms with van der Waals surface area (Å²) in [5.41, 5.74) is 5.10. The van der Waals surface area contributed by atoms with Gasteiger partial charge in [0, 0.05) is 6.54 Å². The molecule has 1 atom stereocenters. The zero-order valence-electron chi connectivity index (χ0n) is 7.79. The van der Waals surface area contributed by atoms with Crippen molar-refractivity contribution in [3.05, 3.63) is 0 Å². The number of hydrogen-bond acceptors (Lipinski definition) is 3. The second-order valence-electron chi connectivity index (χ2n) is 2.69. The Morgan fingerprint density at radius 2 is 2.15 bits per heavy atom. The van der Waals surface area contributed by atoms with Gasteiger partial charge in [-0.2, -0.15) is 13.1 Å². The monoisotopic (exact) mass is 208 g/mol. The van der Waals surface area contributed by atoms with Gasteiger partial charge in [-0.05, 0) is 13.3 Å². The average Bonchev–Trinajstić information content (AvgIpc) is 2.00. The summed E-state index contributed by atoms with van der Waals surface area (Å²) in [6.45, 7) is 3.74. The van der Waals surface area contributed by atoms with Crippen LogP contribution >= 0.6 is 0 Å². The number of nitrogens with two attached hydrogens (primary N) is 1. The molecule has 0 saturated heterocycles. The molecule has 0 fully saturated rings. The van der Waals surface area contributed by atoms with Crippen molar-refractivity contribution < 1.29 is 8.42 Å². The molecule has 5 N–H and O–H groups in total. The van der Waals surface area contributed by atoms with Crippen molar-refractivity contribution in [1.29, 1.82) is 5.41 Å². The predicted octanol–water partition coefficient (Wildman–Crippen LogP) is -0.855. The fraction of sp³-hybridized carbons (Fsp3) is 0.833. The molecule has 78 valence electrons. The Bertz CT molecular complexity index is 262. The molecular formula is C6H16N4O2S. The van der Waals surface area contributed by atoms with E-state index in [1.807, 2.05) is 6.92 Å². The number of amidine groups is 1. The minimum Gasteiger partial charge on any atom is -0.386 e. The first kappa shape index (κ1) is 12.3. The fourth-order valence-corrected chi connectivity index (χ4v) is 1.72.